The SMILES string of the molecule is CC(C)(C)NC(=O)CN1CCN(C(=O)[C@H](Cc2c[nH]c3ccccc23)NC(=O)c2cccs2)CC1. The van der Waals surface area contributed by atoms with Crippen molar-refractivity contribution >= 4 is 40.0 Å². The number of thiophene rings is 1. The summed E-state index contributed by atoms with van der Waals surface area (Å²) in [4.78, 5) is 46.4. The number of amides is 3. The number of nitrogens with one attached hydrogen (secondary N) is 3. The van der Waals surface area contributed by atoms with Gasteiger partial charge >= 0.3 is 0 Å². The van der Waals surface area contributed by atoms with Gasteiger partial charge in [-0.3, -0.25) is 19.3 Å². The Labute approximate surface area is 209 Å². The fraction of sp³-hybridized carbons (Fsp3) is 0.423. The van der Waals surface area contributed by atoms with Gasteiger partial charge in [-0.1, -0.05) is 24.3 Å². The number of carbonyl (C=O) groups excluding carboxylic acids is 3. The van der Waals surface area contributed by atoms with Crippen LogP contribution in [0, 0.1) is 0 Å². The Bertz CT molecular complexity index is 1170. The molecule has 1 aliphatic heterocycles. The minimum absolute atomic E-state index is 0.0160. The minimum atomic E-state index is -0.681. The minimum Gasteiger partial charge on any atom is -0.361 e. The van der Waals surface area contributed by atoms with Gasteiger partial charge < -0.3 is 20.5 Å². The van der Waals surface area contributed by atoms with Crippen LogP contribution in [0.15, 0.2) is 48.0 Å². The average molecular weight is 496 g/mol. The fourth-order valence-corrected chi connectivity index (χ4v) is 4.99. The van der Waals surface area contributed by atoms with Gasteiger partial charge in [0.25, 0.3) is 5.91 Å². The number of carbonyl (C=O) groups is 3. The molecule has 0 spiro atoms. The Morgan fingerprint density at radius 3 is 2.49 bits per heavy atom. The lowest BCUT2D eigenvalue weighted by atomic mass is 10.0. The topological polar surface area (TPSA) is 97.5 Å². The van der Waals surface area contributed by atoms with Crippen LogP contribution in [0.3, 0.4) is 0 Å². The van der Waals surface area contributed by atoms with Gasteiger partial charge in [0.05, 0.1) is 11.4 Å². The molecule has 1 aromatic carbocycles. The summed E-state index contributed by atoms with van der Waals surface area (Å²) in [6.45, 7) is 8.44. The molecule has 0 saturated carbocycles. The third kappa shape index (κ3) is 6.49. The zero-order valence-electron chi connectivity index (χ0n) is 20.5. The van der Waals surface area contributed by atoms with Crippen LogP contribution in [-0.4, -0.2) is 76.8 Å². The first-order valence-electron chi connectivity index (χ1n) is 11.9. The number of H-pyrrole nitrogens is 1. The molecule has 0 unspecified atom stereocenters. The van der Waals surface area contributed by atoms with Crippen LogP contribution >= 0.6 is 11.3 Å². The van der Waals surface area contributed by atoms with Gasteiger partial charge in [0.2, 0.25) is 11.8 Å². The van der Waals surface area contributed by atoms with E-state index in [9.17, 15) is 14.4 Å². The normalized spacial score (nSPS) is 15.7. The van der Waals surface area contributed by atoms with Crippen molar-refractivity contribution in [2.24, 2.45) is 0 Å². The maximum Gasteiger partial charge on any atom is 0.262 e. The monoisotopic (exact) mass is 495 g/mol. The van der Waals surface area contributed by atoms with Crippen molar-refractivity contribution in [3.05, 3.63) is 58.4 Å². The first kappa shape index (κ1) is 24.9. The van der Waals surface area contributed by atoms with Gasteiger partial charge in [0, 0.05) is 55.2 Å². The zero-order chi connectivity index (χ0) is 25.0. The Hall–Kier alpha value is -3.17. The number of aromatic amines is 1. The third-order valence-electron chi connectivity index (χ3n) is 6.01. The summed E-state index contributed by atoms with van der Waals surface area (Å²) < 4.78 is 0. The summed E-state index contributed by atoms with van der Waals surface area (Å²) >= 11 is 1.35. The third-order valence-corrected chi connectivity index (χ3v) is 6.88. The van der Waals surface area contributed by atoms with Crippen LogP contribution in [0.1, 0.15) is 36.0 Å². The second-order valence-corrected chi connectivity index (χ2v) is 10.9. The molecule has 3 amide bonds. The number of hydrogen-bond donors (Lipinski definition) is 3. The highest BCUT2D eigenvalue weighted by Crippen LogP contribution is 2.20. The number of hydrogen-bond acceptors (Lipinski definition) is 5. The molecule has 3 heterocycles. The van der Waals surface area contributed by atoms with Crippen molar-refractivity contribution in [3.63, 3.8) is 0 Å². The van der Waals surface area contributed by atoms with Crippen LogP contribution in [0.4, 0.5) is 0 Å². The van der Waals surface area contributed by atoms with Gasteiger partial charge in [-0.15, -0.1) is 11.3 Å². The van der Waals surface area contributed by atoms with Crippen molar-refractivity contribution in [2.45, 2.75) is 38.8 Å². The number of nitrogens with zero attached hydrogens (tertiary/aromatic N) is 2. The quantitative estimate of drug-likeness (QED) is 0.469. The maximum atomic E-state index is 13.6. The predicted molar refractivity (Wildman–Crippen MR) is 138 cm³/mol. The van der Waals surface area contributed by atoms with E-state index in [2.05, 4.69) is 20.5 Å². The molecule has 9 heteroatoms. The van der Waals surface area contributed by atoms with Crippen molar-refractivity contribution < 1.29 is 14.4 Å². The molecular formula is C26H33N5O3S. The lowest BCUT2D eigenvalue weighted by Crippen LogP contribution is -2.57. The van der Waals surface area contributed by atoms with E-state index in [1.807, 2.05) is 62.7 Å². The van der Waals surface area contributed by atoms with E-state index in [1.165, 1.54) is 11.3 Å². The Morgan fingerprint density at radius 1 is 1.06 bits per heavy atom. The van der Waals surface area contributed by atoms with E-state index in [0.29, 0.717) is 44.0 Å². The van der Waals surface area contributed by atoms with Gasteiger partial charge in [-0.05, 0) is 43.8 Å². The molecule has 1 atom stereocenters. The molecule has 0 bridgehead atoms. The van der Waals surface area contributed by atoms with Crippen molar-refractivity contribution in [2.75, 3.05) is 32.7 Å². The van der Waals surface area contributed by atoms with Gasteiger partial charge in [0.1, 0.15) is 6.04 Å². The fourth-order valence-electron chi connectivity index (χ4n) is 4.37. The number of fused-ring (bicyclic) bond motifs is 1. The van der Waals surface area contributed by atoms with E-state index in [0.717, 1.165) is 16.5 Å². The van der Waals surface area contributed by atoms with Gasteiger partial charge in [-0.2, -0.15) is 0 Å². The maximum absolute atomic E-state index is 13.6. The summed E-state index contributed by atoms with van der Waals surface area (Å²) in [5, 5.41) is 8.85. The number of aromatic nitrogens is 1. The molecule has 3 aromatic rings. The second-order valence-electron chi connectivity index (χ2n) is 9.97. The van der Waals surface area contributed by atoms with E-state index in [1.54, 1.807) is 11.0 Å². The molecule has 186 valence electrons. The Kier molecular flexibility index (Phi) is 7.57. The van der Waals surface area contributed by atoms with E-state index >= 15 is 0 Å². The molecule has 2 aromatic heterocycles. The van der Waals surface area contributed by atoms with Crippen LogP contribution in [0.2, 0.25) is 0 Å². The Morgan fingerprint density at radius 2 is 1.80 bits per heavy atom. The van der Waals surface area contributed by atoms with E-state index < -0.39 is 6.04 Å². The van der Waals surface area contributed by atoms with Crippen LogP contribution in [0.5, 0.6) is 0 Å². The molecule has 1 aliphatic rings. The summed E-state index contributed by atoms with van der Waals surface area (Å²) in [7, 11) is 0. The lowest BCUT2D eigenvalue weighted by Gasteiger charge is -2.36. The van der Waals surface area contributed by atoms with Crippen LogP contribution < -0.4 is 10.6 Å². The molecule has 4 rings (SSSR count). The van der Waals surface area contributed by atoms with Gasteiger partial charge in [-0.25, -0.2) is 0 Å². The molecule has 3 N–H and O–H groups in total. The smallest absolute Gasteiger partial charge is 0.262 e. The zero-order valence-corrected chi connectivity index (χ0v) is 21.3. The highest BCUT2D eigenvalue weighted by atomic mass is 32.1. The second kappa shape index (κ2) is 10.6. The largest absolute Gasteiger partial charge is 0.361 e. The summed E-state index contributed by atoms with van der Waals surface area (Å²) in [6.07, 6.45) is 2.31. The summed E-state index contributed by atoms with van der Waals surface area (Å²) in [5.41, 5.74) is 1.72. The number of rotatable bonds is 7. The first-order valence-corrected chi connectivity index (χ1v) is 12.8. The average Bonchev–Trinajstić information content (AvgIpc) is 3.48. The number of benzene rings is 1. The first-order chi connectivity index (χ1) is 16.7. The standard InChI is InChI=1S/C26H33N5O3S/c1-26(2,3)29-23(32)17-30-10-12-31(13-11-30)25(34)21(28-24(33)22-9-6-14-35-22)15-18-16-27-20-8-5-4-7-19(18)20/h4-9,14,16,21,27H,10-13,15,17H2,1-3H3,(H,28,33)(H,29,32)/t21-/m0/s1. The number of piperazine rings is 1. The molecular weight excluding hydrogens is 462 g/mol. The van der Waals surface area contributed by atoms with Crippen molar-refractivity contribution in [3.8, 4) is 0 Å². The molecule has 0 aliphatic carbocycles. The predicted octanol–water partition coefficient (Wildman–Crippen LogP) is 2.63. The summed E-state index contributed by atoms with van der Waals surface area (Å²) in [5.74, 6) is -0.354. The van der Waals surface area contributed by atoms with Gasteiger partial charge in [0.15, 0.2) is 0 Å². The Balaban J connectivity index is 1.43. The van der Waals surface area contributed by atoms with E-state index in [4.69, 9.17) is 0 Å². The molecule has 35 heavy (non-hydrogen) atoms. The highest BCUT2D eigenvalue weighted by Gasteiger charge is 2.30. The molecule has 8 nitrogen and oxygen atoms in total. The van der Waals surface area contributed by atoms with E-state index in [-0.39, 0.29) is 23.3 Å². The highest BCUT2D eigenvalue weighted by molar-refractivity contribution is 7.12. The molecule has 1 fully saturated rings. The molecule has 0 radical (unpaired) electrons. The number of para-hydroxylation sites is 1. The van der Waals surface area contributed by atoms with Crippen LogP contribution in [-0.2, 0) is 16.0 Å². The van der Waals surface area contributed by atoms with Crippen LogP contribution in [0.25, 0.3) is 10.9 Å². The van der Waals surface area contributed by atoms with Crippen molar-refractivity contribution in [1.82, 2.24) is 25.4 Å². The summed E-state index contributed by atoms with van der Waals surface area (Å²) in [6, 6.07) is 10.8. The van der Waals surface area contributed by atoms with Crippen molar-refractivity contribution in [1.29, 1.82) is 0 Å². The molecule has 1 saturated heterocycles. The lowest BCUT2D eigenvalue weighted by molar-refractivity contribution is -0.135.